The fraction of sp³-hybridized carbons (Fsp3) is 0.500. The molecule has 108 valence electrons. The van der Waals surface area contributed by atoms with Crippen LogP contribution in [0.1, 0.15) is 18.4 Å². The maximum absolute atomic E-state index is 12.1. The smallest absolute Gasteiger partial charge is 0.242 e. The summed E-state index contributed by atoms with van der Waals surface area (Å²) in [7, 11) is -2.01. The van der Waals surface area contributed by atoms with Crippen LogP contribution in [0.5, 0.6) is 0 Å². The molecule has 0 saturated heterocycles. The molecule has 1 rings (SSSR count). The summed E-state index contributed by atoms with van der Waals surface area (Å²) in [5.41, 5.74) is 6.87. The van der Waals surface area contributed by atoms with Crippen molar-refractivity contribution in [3.8, 4) is 0 Å². The minimum absolute atomic E-state index is 0.0176. The van der Waals surface area contributed by atoms with Gasteiger partial charge in [0.2, 0.25) is 10.0 Å². The first-order valence-electron chi connectivity index (χ1n) is 5.92. The van der Waals surface area contributed by atoms with Gasteiger partial charge in [-0.3, -0.25) is 0 Å². The number of ether oxygens (including phenoxy) is 1. The SMILES string of the molecule is COCCCCNS(=O)(=O)c1cc(N)c(C)cc1Cl. The number of methoxy groups -OCH3 is 1. The van der Waals surface area contributed by atoms with Crippen LogP contribution in [-0.2, 0) is 14.8 Å². The van der Waals surface area contributed by atoms with Gasteiger partial charge in [0.15, 0.2) is 0 Å². The molecular weight excluding hydrogens is 288 g/mol. The summed E-state index contributed by atoms with van der Waals surface area (Å²) >= 11 is 5.95. The van der Waals surface area contributed by atoms with Crippen molar-refractivity contribution in [2.45, 2.75) is 24.7 Å². The molecule has 0 aromatic heterocycles. The fourth-order valence-corrected chi connectivity index (χ4v) is 3.22. The van der Waals surface area contributed by atoms with Gasteiger partial charge in [-0.05, 0) is 37.5 Å². The van der Waals surface area contributed by atoms with Gasteiger partial charge >= 0.3 is 0 Å². The van der Waals surface area contributed by atoms with Crippen LogP contribution in [0.15, 0.2) is 17.0 Å². The predicted octanol–water partition coefficient (Wildman–Crippen LogP) is 1.94. The van der Waals surface area contributed by atoms with Crippen LogP contribution < -0.4 is 10.5 Å². The van der Waals surface area contributed by atoms with E-state index in [4.69, 9.17) is 22.1 Å². The van der Waals surface area contributed by atoms with Crippen molar-refractivity contribution in [1.82, 2.24) is 4.72 Å². The third kappa shape index (κ3) is 4.65. The molecule has 1 aromatic rings. The van der Waals surface area contributed by atoms with Crippen LogP contribution in [-0.4, -0.2) is 28.7 Å². The van der Waals surface area contributed by atoms with Crippen LogP contribution in [0, 0.1) is 6.92 Å². The number of anilines is 1. The number of rotatable bonds is 7. The van der Waals surface area contributed by atoms with Crippen LogP contribution in [0.25, 0.3) is 0 Å². The van der Waals surface area contributed by atoms with E-state index in [0.717, 1.165) is 12.0 Å². The molecule has 0 aliphatic carbocycles. The van der Waals surface area contributed by atoms with E-state index >= 15 is 0 Å². The van der Waals surface area contributed by atoms with Crippen LogP contribution in [0.3, 0.4) is 0 Å². The summed E-state index contributed by atoms with van der Waals surface area (Å²) in [6.45, 7) is 2.73. The van der Waals surface area contributed by atoms with Gasteiger partial charge in [0.25, 0.3) is 0 Å². The molecule has 5 nitrogen and oxygen atoms in total. The van der Waals surface area contributed by atoms with Crippen molar-refractivity contribution in [3.05, 3.63) is 22.7 Å². The highest BCUT2D eigenvalue weighted by Gasteiger charge is 2.18. The van der Waals surface area contributed by atoms with Gasteiger partial charge in [-0.1, -0.05) is 11.6 Å². The molecule has 0 unspecified atom stereocenters. The Kier molecular flexibility index (Phi) is 6.06. The number of nitrogens with one attached hydrogen (secondary N) is 1. The Balaban J connectivity index is 2.75. The Bertz CT molecular complexity index is 532. The van der Waals surface area contributed by atoms with E-state index < -0.39 is 10.0 Å². The standard InChI is InChI=1S/C12H19ClN2O3S/c1-9-7-10(13)12(8-11(9)14)19(16,17)15-5-3-4-6-18-2/h7-8,15H,3-6,14H2,1-2H3. The second-order valence-corrected chi connectivity index (χ2v) is 6.38. The zero-order valence-corrected chi connectivity index (χ0v) is 12.6. The summed E-state index contributed by atoms with van der Waals surface area (Å²) < 4.78 is 31.5. The second kappa shape index (κ2) is 7.09. The van der Waals surface area contributed by atoms with E-state index in [9.17, 15) is 8.42 Å². The van der Waals surface area contributed by atoms with Gasteiger partial charge in [0.1, 0.15) is 4.90 Å². The first-order chi connectivity index (χ1) is 8.88. The number of sulfonamides is 1. The summed E-state index contributed by atoms with van der Waals surface area (Å²) in [5.74, 6) is 0. The Morgan fingerprint density at radius 1 is 1.37 bits per heavy atom. The molecule has 0 heterocycles. The van der Waals surface area contributed by atoms with Crippen molar-refractivity contribution in [2.24, 2.45) is 0 Å². The first-order valence-corrected chi connectivity index (χ1v) is 7.79. The van der Waals surface area contributed by atoms with Gasteiger partial charge in [0, 0.05) is 25.9 Å². The molecule has 3 N–H and O–H groups in total. The van der Waals surface area contributed by atoms with Crippen molar-refractivity contribution in [3.63, 3.8) is 0 Å². The van der Waals surface area contributed by atoms with E-state index in [0.29, 0.717) is 25.3 Å². The number of hydrogen-bond donors (Lipinski definition) is 2. The lowest BCUT2D eigenvalue weighted by molar-refractivity contribution is 0.193. The zero-order chi connectivity index (χ0) is 14.5. The molecule has 0 amide bonds. The monoisotopic (exact) mass is 306 g/mol. The molecule has 0 fully saturated rings. The lowest BCUT2D eigenvalue weighted by Crippen LogP contribution is -2.25. The molecule has 0 aliphatic rings. The number of nitrogens with two attached hydrogens (primary N) is 1. The van der Waals surface area contributed by atoms with E-state index in [1.807, 2.05) is 0 Å². The molecule has 1 aromatic carbocycles. The maximum Gasteiger partial charge on any atom is 0.242 e. The Morgan fingerprint density at radius 3 is 2.68 bits per heavy atom. The van der Waals surface area contributed by atoms with Crippen LogP contribution in [0.4, 0.5) is 5.69 Å². The molecule has 0 atom stereocenters. The van der Waals surface area contributed by atoms with E-state index in [1.165, 1.54) is 6.07 Å². The highest BCUT2D eigenvalue weighted by molar-refractivity contribution is 7.89. The van der Waals surface area contributed by atoms with Gasteiger partial charge in [-0.2, -0.15) is 0 Å². The van der Waals surface area contributed by atoms with Crippen molar-refractivity contribution in [2.75, 3.05) is 26.0 Å². The summed E-state index contributed by atoms with van der Waals surface area (Å²) in [5, 5.41) is 0.177. The fourth-order valence-electron chi connectivity index (χ4n) is 1.53. The van der Waals surface area contributed by atoms with Crippen molar-refractivity contribution in [1.29, 1.82) is 0 Å². The maximum atomic E-state index is 12.1. The molecule has 0 spiro atoms. The summed E-state index contributed by atoms with van der Waals surface area (Å²) in [4.78, 5) is 0.0176. The van der Waals surface area contributed by atoms with Crippen molar-refractivity contribution < 1.29 is 13.2 Å². The molecular formula is C12H19ClN2O3S. The second-order valence-electron chi connectivity index (χ2n) is 4.24. The lowest BCUT2D eigenvalue weighted by Gasteiger charge is -2.10. The zero-order valence-electron chi connectivity index (χ0n) is 11.1. The number of nitrogen functional groups attached to an aromatic ring is 1. The van der Waals surface area contributed by atoms with Gasteiger partial charge < -0.3 is 10.5 Å². The van der Waals surface area contributed by atoms with Gasteiger partial charge in [-0.25, -0.2) is 13.1 Å². The summed E-state index contributed by atoms with van der Waals surface area (Å²) in [6.07, 6.45) is 1.49. The highest BCUT2D eigenvalue weighted by Crippen LogP contribution is 2.26. The number of halogens is 1. The van der Waals surface area contributed by atoms with Crippen LogP contribution >= 0.6 is 11.6 Å². The average molecular weight is 307 g/mol. The Hall–Kier alpha value is -0.820. The van der Waals surface area contributed by atoms with E-state index in [2.05, 4.69) is 4.72 Å². The number of hydrogen-bond acceptors (Lipinski definition) is 4. The van der Waals surface area contributed by atoms with Gasteiger partial charge in [-0.15, -0.1) is 0 Å². The number of benzene rings is 1. The molecule has 0 saturated carbocycles. The molecule has 0 bridgehead atoms. The third-order valence-corrected chi connectivity index (χ3v) is 4.60. The lowest BCUT2D eigenvalue weighted by atomic mass is 10.2. The molecule has 19 heavy (non-hydrogen) atoms. The first kappa shape index (κ1) is 16.2. The molecule has 0 aliphatic heterocycles. The van der Waals surface area contributed by atoms with Crippen LogP contribution in [0.2, 0.25) is 5.02 Å². The predicted molar refractivity (Wildman–Crippen MR) is 76.9 cm³/mol. The number of aryl methyl sites for hydroxylation is 1. The Labute approximate surface area is 119 Å². The summed E-state index contributed by atoms with van der Waals surface area (Å²) in [6, 6.07) is 2.94. The molecule has 0 radical (unpaired) electrons. The normalized spacial score (nSPS) is 11.7. The quantitative estimate of drug-likeness (QED) is 0.596. The minimum atomic E-state index is -3.62. The minimum Gasteiger partial charge on any atom is -0.398 e. The number of unbranched alkanes of at least 4 members (excludes halogenated alkanes) is 1. The average Bonchev–Trinajstić information content (AvgIpc) is 2.33. The highest BCUT2D eigenvalue weighted by atomic mass is 35.5. The third-order valence-electron chi connectivity index (χ3n) is 2.68. The molecule has 7 heteroatoms. The van der Waals surface area contributed by atoms with Gasteiger partial charge in [0.05, 0.1) is 5.02 Å². The van der Waals surface area contributed by atoms with E-state index in [1.54, 1.807) is 20.1 Å². The Morgan fingerprint density at radius 2 is 2.05 bits per heavy atom. The topological polar surface area (TPSA) is 81.4 Å². The largest absolute Gasteiger partial charge is 0.398 e. The van der Waals surface area contributed by atoms with E-state index in [-0.39, 0.29) is 9.92 Å². The van der Waals surface area contributed by atoms with Crippen molar-refractivity contribution >= 4 is 27.3 Å².